The van der Waals surface area contributed by atoms with Gasteiger partial charge in [-0.3, -0.25) is 4.99 Å². The van der Waals surface area contributed by atoms with Crippen molar-refractivity contribution in [3.05, 3.63) is 98.5 Å². The molecule has 0 saturated heterocycles. The molecular formula is C48H80GdN5Si2. The van der Waals surface area contributed by atoms with Gasteiger partial charge in [0.2, 0.25) is 0 Å². The zero-order valence-corrected chi connectivity index (χ0v) is 42.4. The van der Waals surface area contributed by atoms with E-state index < -0.39 is 16.5 Å². The van der Waals surface area contributed by atoms with Crippen LogP contribution < -0.4 is 5.32 Å². The van der Waals surface area contributed by atoms with E-state index in [0.29, 0.717) is 35.8 Å². The molecule has 1 radical (unpaired) electrons. The topological polar surface area (TPSA) is 66.7 Å². The van der Waals surface area contributed by atoms with Gasteiger partial charge in [0.1, 0.15) is 5.84 Å². The SMILES string of the molecule is C=C([N-]c1c(C(C)C)cccc1C(C)C)C(C(=C)[N-]c1c(C(C)C)cccc1C(C)C)C(=NC1CCCCC1)NC1CCCCC1.C[Si](C)(C)[N-][Si](C)(C)C.[Gd+3]. The van der Waals surface area contributed by atoms with Crippen molar-refractivity contribution in [1.82, 2.24) is 5.32 Å². The third-order valence-corrected chi connectivity index (χ3v) is 16.0. The molecule has 0 aliphatic heterocycles. The minimum Gasteiger partial charge on any atom is -0.668 e. The van der Waals surface area contributed by atoms with Crippen LogP contribution in [0.4, 0.5) is 11.4 Å². The maximum Gasteiger partial charge on any atom is 3.00 e. The van der Waals surface area contributed by atoms with Crippen LogP contribution in [-0.4, -0.2) is 34.4 Å². The predicted octanol–water partition coefficient (Wildman–Crippen LogP) is 16.2. The van der Waals surface area contributed by atoms with E-state index in [2.05, 4.69) is 136 Å². The summed E-state index contributed by atoms with van der Waals surface area (Å²) in [5.74, 6) is 2.03. The number of hydrogen-bond acceptors (Lipinski definition) is 1. The van der Waals surface area contributed by atoms with Crippen LogP contribution in [0.2, 0.25) is 39.3 Å². The summed E-state index contributed by atoms with van der Waals surface area (Å²) in [6, 6.07) is 14.0. The second-order valence-electron chi connectivity index (χ2n) is 19.6. The van der Waals surface area contributed by atoms with Crippen molar-refractivity contribution in [1.29, 1.82) is 0 Å². The van der Waals surface area contributed by atoms with Crippen molar-refractivity contribution in [2.45, 2.75) is 195 Å². The average molecular weight is 941 g/mol. The Morgan fingerprint density at radius 3 is 1.23 bits per heavy atom. The summed E-state index contributed by atoms with van der Waals surface area (Å²) >= 11 is 0. The first-order valence-electron chi connectivity index (χ1n) is 21.8. The average Bonchev–Trinajstić information content (AvgIpc) is 3.07. The number of rotatable bonds is 15. The molecule has 2 fully saturated rings. The van der Waals surface area contributed by atoms with Crippen LogP contribution in [0.1, 0.15) is 166 Å². The molecule has 1 N–H and O–H groups in total. The Morgan fingerprint density at radius 1 is 0.589 bits per heavy atom. The zero-order chi connectivity index (χ0) is 41.1. The Labute approximate surface area is 379 Å². The number of amidine groups is 1. The fourth-order valence-corrected chi connectivity index (χ4v) is 16.3. The molecule has 5 nitrogen and oxygen atoms in total. The van der Waals surface area contributed by atoms with E-state index in [-0.39, 0.29) is 45.9 Å². The van der Waals surface area contributed by atoms with Gasteiger partial charge in [0.15, 0.2) is 0 Å². The molecule has 2 aliphatic rings. The van der Waals surface area contributed by atoms with Crippen LogP contribution in [0.15, 0.2) is 65.9 Å². The normalized spacial score (nSPS) is 16.2. The first-order valence-corrected chi connectivity index (χ1v) is 28.7. The number of para-hydroxylation sites is 2. The Morgan fingerprint density at radius 2 is 0.929 bits per heavy atom. The minimum atomic E-state index is -1.11. The Bertz CT molecular complexity index is 1410. The smallest absolute Gasteiger partial charge is 0.668 e. The van der Waals surface area contributed by atoms with Crippen molar-refractivity contribution < 1.29 is 39.9 Å². The molecule has 0 unspecified atom stereocenters. The predicted molar refractivity (Wildman–Crippen MR) is 251 cm³/mol. The van der Waals surface area contributed by atoms with Gasteiger partial charge in [0, 0.05) is 12.0 Å². The molecule has 0 spiro atoms. The van der Waals surface area contributed by atoms with E-state index in [1.807, 2.05) is 0 Å². The van der Waals surface area contributed by atoms with E-state index >= 15 is 0 Å². The van der Waals surface area contributed by atoms with Crippen molar-refractivity contribution in [3.8, 4) is 0 Å². The minimum absolute atomic E-state index is 0. The third-order valence-electron chi connectivity index (χ3n) is 10.7. The van der Waals surface area contributed by atoms with Gasteiger partial charge in [0.05, 0.1) is 6.04 Å². The van der Waals surface area contributed by atoms with E-state index in [1.54, 1.807) is 0 Å². The number of nitrogens with one attached hydrogen (secondary N) is 1. The first kappa shape index (κ1) is 50.9. The zero-order valence-electron chi connectivity index (χ0n) is 38.1. The quantitative estimate of drug-likeness (QED) is 0.108. The Balaban J connectivity index is 0.000000963. The second-order valence-corrected chi connectivity index (χ2v) is 29.1. The van der Waals surface area contributed by atoms with Gasteiger partial charge in [-0.15, -0.1) is 24.5 Å². The second kappa shape index (κ2) is 23.5. The Kier molecular flexibility index (Phi) is 21.3. The van der Waals surface area contributed by atoms with Crippen LogP contribution in [0.3, 0.4) is 0 Å². The molecule has 0 amide bonds. The third kappa shape index (κ3) is 16.4. The number of nitrogens with zero attached hydrogens (tertiary/aromatic N) is 4. The molecule has 0 bridgehead atoms. The van der Waals surface area contributed by atoms with Crippen molar-refractivity contribution >= 4 is 33.7 Å². The fourth-order valence-electron chi connectivity index (χ4n) is 8.27. The summed E-state index contributed by atoms with van der Waals surface area (Å²) in [6.45, 7) is 41.3. The molecule has 2 aromatic carbocycles. The molecule has 2 aromatic rings. The van der Waals surface area contributed by atoms with Crippen LogP contribution in [0.25, 0.3) is 15.3 Å². The molecule has 0 heterocycles. The molecule has 8 heteroatoms. The van der Waals surface area contributed by atoms with Gasteiger partial charge < -0.3 is 20.6 Å². The van der Waals surface area contributed by atoms with E-state index in [0.717, 1.165) is 41.4 Å². The van der Waals surface area contributed by atoms with Crippen LogP contribution in [-0.2, 0) is 0 Å². The number of benzene rings is 2. The standard InChI is InChI=1S/C42H62N4.C6H18NSi2.Gd/c1-27(2)35-23-17-24-36(28(3)4)40(35)43-31(9)39(32(10)44-41-37(29(5)6)25-18-26-38(41)30(7)8)42(45-33-19-13-11-14-20-33)46-34-21-15-12-16-22-34;1-8(2,3)7-9(4,5)6;/h17-18,23-30,33-34,39H,9-16,19-22H2,1-8H3,(H,45,46);1-6H3;/q-2;-1;+3. The van der Waals surface area contributed by atoms with E-state index in [1.165, 1.54) is 73.6 Å². The molecule has 0 atom stereocenters. The maximum absolute atomic E-state index is 5.55. The number of aliphatic imine (C=N–C) groups is 1. The van der Waals surface area contributed by atoms with Gasteiger partial charge >= 0.3 is 39.9 Å². The molecule has 0 aromatic heterocycles. The summed E-state index contributed by atoms with van der Waals surface area (Å²) in [5, 5.41) is 14.9. The summed E-state index contributed by atoms with van der Waals surface area (Å²) in [7, 11) is -2.21. The molecule has 313 valence electrons. The summed E-state index contributed by atoms with van der Waals surface area (Å²) in [5.41, 5.74) is 8.67. The fraction of sp³-hybridized carbons (Fsp3) is 0.646. The van der Waals surface area contributed by atoms with Gasteiger partial charge in [-0.05, 0) is 49.4 Å². The van der Waals surface area contributed by atoms with Gasteiger partial charge in [-0.1, -0.05) is 208 Å². The molecule has 2 saturated carbocycles. The monoisotopic (exact) mass is 941 g/mol. The van der Waals surface area contributed by atoms with E-state index in [9.17, 15) is 0 Å². The summed E-state index contributed by atoms with van der Waals surface area (Å²) in [6.07, 6.45) is 12.2. The van der Waals surface area contributed by atoms with Crippen LogP contribution in [0.5, 0.6) is 0 Å². The maximum atomic E-state index is 5.55. The first-order chi connectivity index (χ1) is 25.7. The van der Waals surface area contributed by atoms with Crippen LogP contribution in [0, 0.1) is 45.9 Å². The molecular weight excluding hydrogens is 860 g/mol. The molecule has 56 heavy (non-hydrogen) atoms. The molecule has 4 rings (SSSR count). The van der Waals surface area contributed by atoms with Gasteiger partial charge in [-0.25, -0.2) is 0 Å². The van der Waals surface area contributed by atoms with Gasteiger partial charge in [-0.2, -0.15) is 11.4 Å². The van der Waals surface area contributed by atoms with Gasteiger partial charge in [0.25, 0.3) is 0 Å². The van der Waals surface area contributed by atoms with Crippen LogP contribution >= 0.6 is 0 Å². The van der Waals surface area contributed by atoms with E-state index in [4.69, 9.17) is 33.4 Å². The summed E-state index contributed by atoms with van der Waals surface area (Å²) in [4.78, 5) is 5.55. The van der Waals surface area contributed by atoms with Crippen molar-refractivity contribution in [2.24, 2.45) is 10.9 Å². The van der Waals surface area contributed by atoms with Crippen molar-refractivity contribution in [2.75, 3.05) is 0 Å². The number of hydrogen-bond donors (Lipinski definition) is 1. The largest absolute Gasteiger partial charge is 3.00 e. The molecule has 2 aliphatic carbocycles. The van der Waals surface area contributed by atoms with Crippen molar-refractivity contribution in [3.63, 3.8) is 0 Å². The Hall–Kier alpha value is -1.29. The summed E-state index contributed by atoms with van der Waals surface area (Å²) < 4.78 is 4.82.